The number of nitrogens with zero attached hydrogens (tertiary/aromatic N) is 4. The number of nitrogens with one attached hydrogen (secondary N) is 1. The lowest BCUT2D eigenvalue weighted by molar-refractivity contribution is 0.107. The number of aryl methyl sites for hydroxylation is 1. The molecular formula is C38H31F2N5O4. The van der Waals surface area contributed by atoms with E-state index < -0.39 is 23.2 Å². The number of alkyl halides is 1. The second kappa shape index (κ2) is 11.8. The predicted molar refractivity (Wildman–Crippen MR) is 183 cm³/mol. The van der Waals surface area contributed by atoms with E-state index in [1.54, 1.807) is 13.1 Å². The van der Waals surface area contributed by atoms with Gasteiger partial charge < -0.3 is 19.6 Å². The van der Waals surface area contributed by atoms with Crippen LogP contribution in [0.15, 0.2) is 70.0 Å². The summed E-state index contributed by atoms with van der Waals surface area (Å²) in [6, 6.07) is 15.3. The zero-order valence-electron chi connectivity index (χ0n) is 26.6. The summed E-state index contributed by atoms with van der Waals surface area (Å²) in [6.45, 7) is 3.38. The number of benzene rings is 3. The van der Waals surface area contributed by atoms with Crippen molar-refractivity contribution in [2.24, 2.45) is 0 Å². The van der Waals surface area contributed by atoms with Gasteiger partial charge in [-0.1, -0.05) is 24.1 Å². The second-order valence-corrected chi connectivity index (χ2v) is 12.8. The van der Waals surface area contributed by atoms with Crippen LogP contribution < -0.4 is 15.7 Å². The van der Waals surface area contributed by atoms with Gasteiger partial charge in [0.2, 0.25) is 0 Å². The summed E-state index contributed by atoms with van der Waals surface area (Å²) < 4.78 is 41.6. The highest BCUT2D eigenvalue weighted by molar-refractivity contribution is 6.03. The molecule has 0 bridgehead atoms. The van der Waals surface area contributed by atoms with Crippen molar-refractivity contribution in [1.29, 1.82) is 0 Å². The van der Waals surface area contributed by atoms with Crippen LogP contribution in [-0.4, -0.2) is 56.4 Å². The minimum Gasteiger partial charge on any atom is -0.508 e. The van der Waals surface area contributed by atoms with Crippen LogP contribution in [0.2, 0.25) is 0 Å². The highest BCUT2D eigenvalue weighted by atomic mass is 19.1. The number of hydrogen-bond acceptors (Lipinski definition) is 9. The Bertz CT molecular complexity index is 2410. The molecule has 0 radical (unpaired) electrons. The van der Waals surface area contributed by atoms with E-state index in [1.165, 1.54) is 24.3 Å². The molecule has 0 aliphatic carbocycles. The Labute approximate surface area is 279 Å². The van der Waals surface area contributed by atoms with Gasteiger partial charge in [-0.15, -0.1) is 6.42 Å². The van der Waals surface area contributed by atoms with Crippen LogP contribution in [0, 0.1) is 25.1 Å². The van der Waals surface area contributed by atoms with E-state index in [2.05, 4.69) is 26.1 Å². The molecule has 246 valence electrons. The van der Waals surface area contributed by atoms with E-state index in [4.69, 9.17) is 20.6 Å². The molecule has 9 nitrogen and oxygen atoms in total. The second-order valence-electron chi connectivity index (χ2n) is 12.8. The maximum absolute atomic E-state index is 14.9. The van der Waals surface area contributed by atoms with Crippen molar-refractivity contribution in [1.82, 2.24) is 19.9 Å². The number of terminal acetylenes is 1. The Kier molecular flexibility index (Phi) is 7.41. The molecule has 3 aromatic carbocycles. The first-order valence-corrected chi connectivity index (χ1v) is 16.1. The number of aromatic hydroxyl groups is 1. The normalized spacial score (nSPS) is 19.0. The van der Waals surface area contributed by atoms with Crippen LogP contribution in [0.25, 0.3) is 43.9 Å². The van der Waals surface area contributed by atoms with Gasteiger partial charge in [0.25, 0.3) is 0 Å². The molecular weight excluding hydrogens is 628 g/mol. The zero-order valence-corrected chi connectivity index (χ0v) is 26.6. The van der Waals surface area contributed by atoms with Gasteiger partial charge in [0, 0.05) is 47.6 Å². The number of hydrogen-bond donors (Lipinski definition) is 2. The minimum absolute atomic E-state index is 0.0111. The van der Waals surface area contributed by atoms with Crippen molar-refractivity contribution in [2.75, 3.05) is 25.0 Å². The van der Waals surface area contributed by atoms with Crippen molar-refractivity contribution in [3.05, 3.63) is 93.7 Å². The summed E-state index contributed by atoms with van der Waals surface area (Å²) in [4.78, 5) is 29.7. The van der Waals surface area contributed by atoms with Crippen molar-refractivity contribution >= 4 is 38.4 Å². The Morgan fingerprint density at radius 2 is 2.04 bits per heavy atom. The van der Waals surface area contributed by atoms with E-state index in [9.17, 15) is 18.7 Å². The quantitative estimate of drug-likeness (QED) is 0.182. The van der Waals surface area contributed by atoms with E-state index in [1.807, 2.05) is 30.3 Å². The zero-order chi connectivity index (χ0) is 33.9. The van der Waals surface area contributed by atoms with Crippen molar-refractivity contribution in [3.63, 3.8) is 0 Å². The summed E-state index contributed by atoms with van der Waals surface area (Å²) >= 11 is 0. The third-order valence-corrected chi connectivity index (χ3v) is 9.78. The Balaban J connectivity index is 1.26. The maximum atomic E-state index is 14.9. The lowest BCUT2D eigenvalue weighted by atomic mass is 9.95. The van der Waals surface area contributed by atoms with Crippen LogP contribution >= 0.6 is 0 Å². The Morgan fingerprint density at radius 1 is 1.16 bits per heavy atom. The Morgan fingerprint density at radius 3 is 2.90 bits per heavy atom. The molecule has 3 aromatic heterocycles. The fourth-order valence-electron chi connectivity index (χ4n) is 7.50. The SMILES string of the molecule is C#Cc1c(F)ccc2cc(O)cc(-c3oc(=O)c4c(NCc5ccc6ncccc6c5)nc(OC[C@@]56CCCN5C[C@H](F)C6)nc4c3C)c12. The minimum atomic E-state index is -0.930. The first-order chi connectivity index (χ1) is 23.7. The van der Waals surface area contributed by atoms with Gasteiger partial charge in [-0.25, -0.2) is 13.6 Å². The summed E-state index contributed by atoms with van der Waals surface area (Å²) in [5.74, 6) is 1.91. The van der Waals surface area contributed by atoms with E-state index in [-0.39, 0.29) is 52.0 Å². The number of phenols is 1. The van der Waals surface area contributed by atoms with Crippen LogP contribution in [-0.2, 0) is 6.54 Å². The molecule has 2 atom stereocenters. The number of aromatic nitrogens is 3. The number of phenolic OH excluding ortho intramolecular Hbond substituents is 1. The smallest absolute Gasteiger partial charge is 0.349 e. The lowest BCUT2D eigenvalue weighted by Gasteiger charge is -2.30. The van der Waals surface area contributed by atoms with Crippen molar-refractivity contribution in [2.45, 2.75) is 44.4 Å². The van der Waals surface area contributed by atoms with Gasteiger partial charge in [0.05, 0.1) is 22.1 Å². The number of ether oxygens (including phenoxy) is 1. The van der Waals surface area contributed by atoms with Gasteiger partial charge in [0.1, 0.15) is 41.3 Å². The van der Waals surface area contributed by atoms with Gasteiger partial charge >= 0.3 is 11.6 Å². The molecule has 2 fully saturated rings. The van der Waals surface area contributed by atoms with Gasteiger partial charge in [-0.3, -0.25) is 9.88 Å². The van der Waals surface area contributed by atoms with Crippen LogP contribution in [0.5, 0.6) is 11.8 Å². The summed E-state index contributed by atoms with van der Waals surface area (Å²) in [5.41, 5.74) is 1.45. The number of rotatable bonds is 7. The van der Waals surface area contributed by atoms with E-state index in [0.717, 1.165) is 35.9 Å². The average Bonchev–Trinajstić information content (AvgIpc) is 3.63. The van der Waals surface area contributed by atoms with Gasteiger partial charge in [-0.2, -0.15) is 9.97 Å². The highest BCUT2D eigenvalue weighted by Crippen LogP contribution is 2.41. The standard InChI is InChI=1S/C38H31F2N5O4/c1-3-27-29(40)9-8-24-15-26(46)16-28(31(24)27)34-21(2)33-32(36(47)49-34)35(42-18-22-7-10-30-23(14-22)6-4-12-41-30)44-37(43-33)48-20-38-11-5-13-45(38)19-25(39)17-38/h1,4,6-10,12,14-16,25,46H,5,11,13,17-20H2,2H3,(H,42,43,44)/t25-,38+/m1/s1. The first kappa shape index (κ1) is 30.7. The van der Waals surface area contributed by atoms with Crippen molar-refractivity contribution in [3.8, 4) is 35.4 Å². The molecule has 0 saturated carbocycles. The molecule has 2 saturated heterocycles. The number of anilines is 1. The molecule has 6 aromatic rings. The van der Waals surface area contributed by atoms with Gasteiger partial charge in [0.15, 0.2) is 0 Å². The van der Waals surface area contributed by atoms with Crippen LogP contribution in [0.4, 0.5) is 14.6 Å². The molecule has 11 heteroatoms. The fourth-order valence-corrected chi connectivity index (χ4v) is 7.50. The molecule has 0 spiro atoms. The van der Waals surface area contributed by atoms with Crippen LogP contribution in [0.3, 0.4) is 0 Å². The highest BCUT2D eigenvalue weighted by Gasteiger charge is 2.49. The molecule has 2 aliphatic heterocycles. The van der Waals surface area contributed by atoms with Gasteiger partial charge in [-0.05, 0) is 73.7 Å². The molecule has 2 aliphatic rings. The Hall–Kier alpha value is -5.60. The number of halogens is 2. The molecule has 49 heavy (non-hydrogen) atoms. The third-order valence-electron chi connectivity index (χ3n) is 9.78. The topological polar surface area (TPSA) is 114 Å². The van der Waals surface area contributed by atoms with Crippen LogP contribution in [0.1, 0.15) is 36.0 Å². The fraction of sp³-hybridized carbons (Fsp3) is 0.263. The molecule has 5 heterocycles. The molecule has 8 rings (SSSR count). The molecule has 2 N–H and O–H groups in total. The predicted octanol–water partition coefficient (Wildman–Crippen LogP) is 6.65. The first-order valence-electron chi connectivity index (χ1n) is 16.1. The van der Waals surface area contributed by atoms with Crippen molar-refractivity contribution < 1.29 is 23.0 Å². The maximum Gasteiger partial charge on any atom is 0.349 e. The summed E-state index contributed by atoms with van der Waals surface area (Å²) in [5, 5.41) is 15.7. The van der Waals surface area contributed by atoms with E-state index in [0.29, 0.717) is 35.8 Å². The lowest BCUT2D eigenvalue weighted by Crippen LogP contribution is -2.43. The summed E-state index contributed by atoms with van der Waals surface area (Å²) in [7, 11) is 0. The van der Waals surface area contributed by atoms with E-state index >= 15 is 0 Å². The number of fused-ring (bicyclic) bond motifs is 4. The molecule has 0 unspecified atom stereocenters. The largest absolute Gasteiger partial charge is 0.508 e. The molecule has 0 amide bonds. The summed E-state index contributed by atoms with van der Waals surface area (Å²) in [6.07, 6.45) is 8.64. The number of pyridine rings is 1. The third kappa shape index (κ3) is 5.29. The average molecular weight is 660 g/mol. The monoisotopic (exact) mass is 659 g/mol.